The van der Waals surface area contributed by atoms with Crippen LogP contribution in [-0.2, 0) is 49.3 Å². The summed E-state index contributed by atoms with van der Waals surface area (Å²) in [5, 5.41) is 12.5. The van der Waals surface area contributed by atoms with Gasteiger partial charge in [0.2, 0.25) is 11.8 Å². The topological polar surface area (TPSA) is 158 Å². The highest BCUT2D eigenvalue weighted by atomic mass is 127. The molecular weight excluding hydrogens is 869 g/mol. The molecule has 1 saturated heterocycles. The predicted octanol–water partition coefficient (Wildman–Crippen LogP) is 4.05. The van der Waals surface area contributed by atoms with Crippen molar-refractivity contribution in [3.63, 3.8) is 0 Å². The number of amides is 2. The number of benzene rings is 1. The number of ether oxygens (including phenoxy) is 4. The molecule has 12 nitrogen and oxygen atoms in total. The molecular formula is C25H31I3N2O10. The maximum Gasteiger partial charge on any atom is 0.306 e. The molecule has 1 aromatic carbocycles. The van der Waals surface area contributed by atoms with Crippen LogP contribution >= 0.6 is 67.8 Å². The summed E-state index contributed by atoms with van der Waals surface area (Å²) >= 11 is 6.15. The Hall–Kier alpha value is -1.32. The molecule has 2 rings (SSSR count). The van der Waals surface area contributed by atoms with Crippen LogP contribution in [0.2, 0.25) is 0 Å². The Morgan fingerprint density at radius 1 is 1.02 bits per heavy atom. The minimum absolute atomic E-state index is 0.0510. The Balaban J connectivity index is 2.67. The van der Waals surface area contributed by atoms with E-state index in [4.69, 9.17) is 18.9 Å². The molecule has 0 saturated carbocycles. The van der Waals surface area contributed by atoms with Crippen molar-refractivity contribution in [1.82, 2.24) is 0 Å². The molecule has 40 heavy (non-hydrogen) atoms. The molecule has 0 aliphatic carbocycles. The highest BCUT2D eigenvalue weighted by molar-refractivity contribution is 14.1. The highest BCUT2D eigenvalue weighted by Gasteiger charge is 2.41. The largest absolute Gasteiger partial charge is 0.481 e. The minimum atomic E-state index is -0.998. The van der Waals surface area contributed by atoms with Gasteiger partial charge in [-0.3, -0.25) is 28.9 Å². The number of rotatable bonds is 12. The van der Waals surface area contributed by atoms with E-state index in [1.54, 1.807) is 20.8 Å². The van der Waals surface area contributed by atoms with Crippen LogP contribution in [-0.4, -0.2) is 66.7 Å². The van der Waals surface area contributed by atoms with E-state index in [1.165, 1.54) is 18.7 Å². The molecule has 1 fully saturated rings. The van der Waals surface area contributed by atoms with Gasteiger partial charge in [-0.25, -0.2) is 0 Å². The van der Waals surface area contributed by atoms with Gasteiger partial charge in [0.15, 0.2) is 12.0 Å². The molecule has 0 spiro atoms. The first-order valence-corrected chi connectivity index (χ1v) is 15.4. The van der Waals surface area contributed by atoms with Gasteiger partial charge < -0.3 is 29.4 Å². The highest BCUT2D eigenvalue weighted by Crippen LogP contribution is 2.43. The van der Waals surface area contributed by atoms with Gasteiger partial charge in [-0.15, -0.1) is 0 Å². The Morgan fingerprint density at radius 3 is 2.10 bits per heavy atom. The van der Waals surface area contributed by atoms with Crippen LogP contribution in [0.5, 0.6) is 0 Å². The molecule has 0 bridgehead atoms. The third kappa shape index (κ3) is 9.62. The van der Waals surface area contributed by atoms with Crippen molar-refractivity contribution < 1.29 is 48.0 Å². The standard InChI is InChI=1S/C25H31I3N2O10/c1-12(24(35)36)10-15-19(26)22(29-16(33)6-8-37-13(2)31)21(28)23(20(15)27)30(17(34)7-9-38-14(3)32)18-11-39-25(4,5)40-18/h12,18H,6-11H2,1-5H3,(H,29,33)(H,35,36). The van der Waals surface area contributed by atoms with E-state index in [-0.39, 0.29) is 39.1 Å². The van der Waals surface area contributed by atoms with E-state index in [1.807, 2.05) is 22.6 Å². The number of aliphatic carboxylic acids is 1. The normalized spacial score (nSPS) is 16.6. The maximum atomic E-state index is 13.7. The average Bonchev–Trinajstić information content (AvgIpc) is 3.20. The number of nitrogens with one attached hydrogen (secondary N) is 1. The van der Waals surface area contributed by atoms with Crippen LogP contribution in [0.4, 0.5) is 11.4 Å². The van der Waals surface area contributed by atoms with Gasteiger partial charge >= 0.3 is 17.9 Å². The van der Waals surface area contributed by atoms with Crippen LogP contribution in [0.15, 0.2) is 0 Å². The van der Waals surface area contributed by atoms with Gasteiger partial charge in [-0.05, 0) is 93.6 Å². The number of hydrogen-bond acceptors (Lipinski definition) is 9. The summed E-state index contributed by atoms with van der Waals surface area (Å²) in [7, 11) is 0. The van der Waals surface area contributed by atoms with Crippen LogP contribution in [0.1, 0.15) is 53.0 Å². The van der Waals surface area contributed by atoms with Crippen molar-refractivity contribution in [1.29, 1.82) is 0 Å². The zero-order valence-corrected chi connectivity index (χ0v) is 29.1. The molecule has 2 unspecified atom stereocenters. The molecule has 222 valence electrons. The van der Waals surface area contributed by atoms with Crippen molar-refractivity contribution in [2.24, 2.45) is 5.92 Å². The summed E-state index contributed by atoms with van der Waals surface area (Å²) < 4.78 is 23.4. The van der Waals surface area contributed by atoms with E-state index >= 15 is 0 Å². The second kappa shape index (κ2) is 15.2. The van der Waals surface area contributed by atoms with Crippen LogP contribution < -0.4 is 10.2 Å². The number of halogens is 3. The molecule has 0 radical (unpaired) electrons. The van der Waals surface area contributed by atoms with Gasteiger partial charge in [0.05, 0.1) is 40.3 Å². The number of carbonyl (C=O) groups is 5. The van der Waals surface area contributed by atoms with Crippen LogP contribution in [0.3, 0.4) is 0 Å². The quantitative estimate of drug-likeness (QED) is 0.232. The fraction of sp³-hybridized carbons (Fsp3) is 0.560. The third-order valence-electron chi connectivity index (χ3n) is 5.63. The summed E-state index contributed by atoms with van der Waals surface area (Å²) in [6, 6.07) is 0. The zero-order valence-electron chi connectivity index (χ0n) is 22.6. The van der Waals surface area contributed by atoms with Crippen molar-refractivity contribution in [3.05, 3.63) is 16.3 Å². The summed E-state index contributed by atoms with van der Waals surface area (Å²) in [5.74, 6) is -4.63. The van der Waals surface area contributed by atoms with E-state index in [0.717, 1.165) is 0 Å². The zero-order chi connectivity index (χ0) is 30.4. The number of anilines is 2. The Labute approximate surface area is 273 Å². The smallest absolute Gasteiger partial charge is 0.306 e. The number of carboxylic acids is 1. The van der Waals surface area contributed by atoms with Crippen LogP contribution in [0, 0.1) is 16.6 Å². The van der Waals surface area contributed by atoms with E-state index < -0.39 is 47.7 Å². The summed E-state index contributed by atoms with van der Waals surface area (Å²) in [6.45, 7) is 7.28. The Kier molecular flexibility index (Phi) is 13.3. The van der Waals surface area contributed by atoms with Crippen LogP contribution in [0.25, 0.3) is 0 Å². The van der Waals surface area contributed by atoms with Crippen molar-refractivity contribution >= 4 is 109 Å². The molecule has 1 aliphatic rings. The van der Waals surface area contributed by atoms with Crippen molar-refractivity contribution in [3.8, 4) is 0 Å². The summed E-state index contributed by atoms with van der Waals surface area (Å²) in [4.78, 5) is 62.0. The molecule has 15 heteroatoms. The lowest BCUT2D eigenvalue weighted by atomic mass is 9.99. The monoisotopic (exact) mass is 900 g/mol. The van der Waals surface area contributed by atoms with E-state index in [0.29, 0.717) is 27.6 Å². The van der Waals surface area contributed by atoms with Gasteiger partial charge in [0, 0.05) is 21.0 Å². The first-order chi connectivity index (χ1) is 18.6. The Morgan fingerprint density at radius 2 is 1.60 bits per heavy atom. The second-order valence-electron chi connectivity index (χ2n) is 9.36. The van der Waals surface area contributed by atoms with Gasteiger partial charge in [0.25, 0.3) is 0 Å². The average molecular weight is 900 g/mol. The van der Waals surface area contributed by atoms with E-state index in [2.05, 4.69) is 50.5 Å². The molecule has 1 aliphatic heterocycles. The van der Waals surface area contributed by atoms with Crippen molar-refractivity contribution in [2.75, 3.05) is 30.0 Å². The SMILES string of the molecule is CC(=O)OCCC(=O)Nc1c(I)c(CC(C)C(=O)O)c(I)c(N(C(=O)CCOC(C)=O)C2COC(C)(C)O2)c1I. The number of esters is 2. The fourth-order valence-corrected chi connectivity index (χ4v) is 8.11. The van der Waals surface area contributed by atoms with Gasteiger partial charge in [0.1, 0.15) is 13.2 Å². The molecule has 2 N–H and O–H groups in total. The predicted molar refractivity (Wildman–Crippen MR) is 169 cm³/mol. The third-order valence-corrected chi connectivity index (χ3v) is 9.03. The lowest BCUT2D eigenvalue weighted by Gasteiger charge is -2.32. The van der Waals surface area contributed by atoms with Gasteiger partial charge in [-0.1, -0.05) is 6.92 Å². The molecule has 2 atom stereocenters. The molecule has 1 aromatic rings. The van der Waals surface area contributed by atoms with E-state index in [9.17, 15) is 29.1 Å². The first-order valence-electron chi connectivity index (χ1n) is 12.2. The first kappa shape index (κ1) is 34.9. The summed E-state index contributed by atoms with van der Waals surface area (Å²) in [5.41, 5.74) is 1.41. The molecule has 2 amide bonds. The summed E-state index contributed by atoms with van der Waals surface area (Å²) in [6.07, 6.45) is -0.982. The van der Waals surface area contributed by atoms with Gasteiger partial charge in [-0.2, -0.15) is 0 Å². The van der Waals surface area contributed by atoms with Crippen molar-refractivity contribution in [2.45, 2.75) is 65.9 Å². The number of carboxylic acid groups (broad SMARTS) is 1. The molecule has 0 aromatic heterocycles. The lowest BCUT2D eigenvalue weighted by molar-refractivity contribution is -0.144. The maximum absolute atomic E-state index is 13.7. The molecule has 1 heterocycles. The number of carbonyl (C=O) groups excluding carboxylic acids is 4. The minimum Gasteiger partial charge on any atom is -0.481 e. The number of hydrogen-bond donors (Lipinski definition) is 2. The number of nitrogens with zero attached hydrogens (tertiary/aromatic N) is 1. The lowest BCUT2D eigenvalue weighted by Crippen LogP contribution is -2.44. The fourth-order valence-electron chi connectivity index (χ4n) is 3.71. The second-order valence-corrected chi connectivity index (χ2v) is 12.6. The Bertz CT molecular complexity index is 1170.